The lowest BCUT2D eigenvalue weighted by Crippen LogP contribution is -2.68. The zero-order chi connectivity index (χ0) is 17.3. The first kappa shape index (κ1) is 18.9. The quantitative estimate of drug-likeness (QED) is 0.490. The van der Waals surface area contributed by atoms with Crippen molar-refractivity contribution in [1.29, 1.82) is 0 Å². The fourth-order valence-corrected chi connectivity index (χ4v) is 3.12. The van der Waals surface area contributed by atoms with Crippen LogP contribution in [0.25, 0.3) is 0 Å². The molecule has 0 spiro atoms. The Labute approximate surface area is 127 Å². The van der Waals surface area contributed by atoms with Crippen molar-refractivity contribution in [3.63, 3.8) is 0 Å². The second-order valence-corrected chi connectivity index (χ2v) is 6.75. The number of hydrogen-bond donors (Lipinski definition) is 1. The number of carbonyl (C=O) groups is 1. The minimum absolute atomic E-state index is 0.697. The molecule has 0 saturated heterocycles. The van der Waals surface area contributed by atoms with Crippen LogP contribution in [0.2, 0.25) is 0 Å². The number of halogens is 5. The second kappa shape index (κ2) is 6.13. The van der Waals surface area contributed by atoms with Crippen LogP contribution >= 0.6 is 0 Å². The minimum atomic E-state index is -4.71. The van der Waals surface area contributed by atoms with E-state index in [2.05, 4.69) is 0 Å². The summed E-state index contributed by atoms with van der Waals surface area (Å²) in [6.45, 7) is 1.55. The number of hydrogen-bond acceptors (Lipinski definition) is 3. The van der Waals surface area contributed by atoms with Crippen molar-refractivity contribution >= 4 is 17.6 Å². The van der Waals surface area contributed by atoms with Crippen LogP contribution in [0.15, 0.2) is 24.3 Å². The Balaban J connectivity index is 3.93. The summed E-state index contributed by atoms with van der Waals surface area (Å²) in [5.41, 5.74) is -4.81. The highest BCUT2D eigenvalue weighted by Crippen LogP contribution is 2.53. The maximum Gasteiger partial charge on any atom is 0.322 e. The molecule has 2 N–H and O–H groups in total. The van der Waals surface area contributed by atoms with Crippen molar-refractivity contribution in [3.8, 4) is 0 Å². The summed E-state index contributed by atoms with van der Waals surface area (Å²) in [6, 6.07) is 3.57. The molecule has 0 aliphatic heterocycles. The van der Waals surface area contributed by atoms with Crippen molar-refractivity contribution in [1.82, 2.24) is 0 Å². The topological polar surface area (TPSA) is 66.2 Å². The Bertz CT molecular complexity index is 553. The normalized spacial score (nSPS) is 17.2. The molecule has 0 radical (unpaired) electrons. The zero-order valence-electron chi connectivity index (χ0n) is 11.7. The standard InChI is InChI=1S/C13H14F5NO2S/c1-11(2,22(19)21)13(10(15)16,12(17,18)7-20)8-5-3-4-6-9(8)14/h3-7,10H,19H2,1-2H3/t13-,22?/m1/s1. The van der Waals surface area contributed by atoms with Gasteiger partial charge in [-0.2, -0.15) is 13.9 Å². The maximum absolute atomic E-state index is 14.2. The summed E-state index contributed by atoms with van der Waals surface area (Å²) in [5.74, 6) is -6.08. The van der Waals surface area contributed by atoms with E-state index in [9.17, 15) is 31.3 Å². The molecule has 0 heterocycles. The third-order valence-corrected chi connectivity index (χ3v) is 5.08. The molecule has 0 saturated carbocycles. The molecular formula is C13H14F5NO2S. The average Bonchev–Trinajstić information content (AvgIpc) is 2.40. The van der Waals surface area contributed by atoms with Crippen LogP contribution in [0.3, 0.4) is 0 Å². The molecule has 22 heavy (non-hydrogen) atoms. The van der Waals surface area contributed by atoms with E-state index in [-0.39, 0.29) is 0 Å². The predicted octanol–water partition coefficient (Wildman–Crippen LogP) is 2.56. The summed E-state index contributed by atoms with van der Waals surface area (Å²) >= 11 is -2.71. The molecule has 3 nitrogen and oxygen atoms in total. The van der Waals surface area contributed by atoms with Crippen LogP contribution in [0.5, 0.6) is 0 Å². The minimum Gasteiger partial charge on any atom is -0.598 e. The van der Waals surface area contributed by atoms with Gasteiger partial charge in [-0.15, -0.1) is 0 Å². The maximum atomic E-state index is 14.2. The molecule has 2 atom stereocenters. The molecule has 1 aromatic carbocycles. The van der Waals surface area contributed by atoms with Gasteiger partial charge in [0.1, 0.15) is 5.82 Å². The van der Waals surface area contributed by atoms with Gasteiger partial charge in [-0.05, 0) is 19.9 Å². The monoisotopic (exact) mass is 343 g/mol. The van der Waals surface area contributed by atoms with Gasteiger partial charge in [0.05, 0.1) is 0 Å². The van der Waals surface area contributed by atoms with Gasteiger partial charge in [0.25, 0.3) is 6.43 Å². The summed E-state index contributed by atoms with van der Waals surface area (Å²) in [5, 5.41) is 5.10. The van der Waals surface area contributed by atoms with E-state index in [1.807, 2.05) is 0 Å². The van der Waals surface area contributed by atoms with Gasteiger partial charge >= 0.3 is 5.92 Å². The van der Waals surface area contributed by atoms with E-state index in [1.165, 1.54) is 0 Å². The lowest BCUT2D eigenvalue weighted by molar-refractivity contribution is -0.164. The van der Waals surface area contributed by atoms with Gasteiger partial charge in [-0.1, -0.05) is 18.2 Å². The molecule has 1 rings (SSSR count). The van der Waals surface area contributed by atoms with Crippen molar-refractivity contribution in [3.05, 3.63) is 35.6 Å². The molecule has 0 aromatic heterocycles. The SMILES string of the molecule is CC(C)([S+](N)[O-])[C@@](c1ccccc1F)(C(F)F)C(F)(F)C=O. The Morgan fingerprint density at radius 3 is 2.14 bits per heavy atom. The fourth-order valence-electron chi connectivity index (χ4n) is 2.46. The number of rotatable bonds is 6. The van der Waals surface area contributed by atoms with E-state index in [4.69, 9.17) is 5.14 Å². The van der Waals surface area contributed by atoms with Crippen molar-refractivity contribution in [2.75, 3.05) is 0 Å². The Morgan fingerprint density at radius 1 is 1.27 bits per heavy atom. The number of alkyl halides is 4. The van der Waals surface area contributed by atoms with Gasteiger partial charge in [0, 0.05) is 16.9 Å². The molecule has 0 aliphatic carbocycles. The molecule has 1 aromatic rings. The molecule has 0 amide bonds. The highest BCUT2D eigenvalue weighted by atomic mass is 32.2. The lowest BCUT2D eigenvalue weighted by Gasteiger charge is -2.46. The van der Waals surface area contributed by atoms with Crippen molar-refractivity contribution in [2.24, 2.45) is 5.14 Å². The number of carbonyl (C=O) groups excluding carboxylic acids is 1. The molecule has 0 aliphatic rings. The molecule has 0 bridgehead atoms. The van der Waals surface area contributed by atoms with Gasteiger partial charge in [-0.3, -0.25) is 4.79 Å². The van der Waals surface area contributed by atoms with Gasteiger partial charge < -0.3 is 4.55 Å². The van der Waals surface area contributed by atoms with Crippen LogP contribution in [-0.4, -0.2) is 27.9 Å². The highest BCUT2D eigenvalue weighted by Gasteiger charge is 2.74. The van der Waals surface area contributed by atoms with Crippen molar-refractivity contribution < 1.29 is 31.3 Å². The Kier molecular flexibility index (Phi) is 5.26. The Hall–Kier alpha value is -1.19. The number of nitrogens with two attached hydrogens (primary N) is 1. The smallest absolute Gasteiger partial charge is 0.322 e. The molecular weight excluding hydrogens is 329 g/mol. The summed E-state index contributed by atoms with van der Waals surface area (Å²) in [6.07, 6.45) is -4.91. The first-order valence-electron chi connectivity index (χ1n) is 6.00. The summed E-state index contributed by atoms with van der Waals surface area (Å²) in [4.78, 5) is 10.8. The third kappa shape index (κ3) is 2.50. The Morgan fingerprint density at radius 2 is 1.77 bits per heavy atom. The average molecular weight is 343 g/mol. The van der Waals surface area contributed by atoms with Gasteiger partial charge in [0.15, 0.2) is 16.4 Å². The first-order valence-corrected chi connectivity index (χ1v) is 7.21. The van der Waals surface area contributed by atoms with E-state index in [0.717, 1.165) is 26.0 Å². The van der Waals surface area contributed by atoms with Crippen LogP contribution in [0, 0.1) is 5.82 Å². The second-order valence-electron chi connectivity index (χ2n) is 5.14. The lowest BCUT2D eigenvalue weighted by atomic mass is 9.66. The molecule has 0 fully saturated rings. The van der Waals surface area contributed by atoms with Crippen LogP contribution in [0.4, 0.5) is 22.0 Å². The molecule has 9 heteroatoms. The van der Waals surface area contributed by atoms with E-state index in [0.29, 0.717) is 12.1 Å². The van der Waals surface area contributed by atoms with Gasteiger partial charge in [-0.25, -0.2) is 13.2 Å². The first-order chi connectivity index (χ1) is 9.96. The van der Waals surface area contributed by atoms with E-state index < -0.39 is 51.5 Å². The molecule has 1 unspecified atom stereocenters. The summed E-state index contributed by atoms with van der Waals surface area (Å²) in [7, 11) is 0. The van der Waals surface area contributed by atoms with Crippen LogP contribution in [-0.2, 0) is 21.6 Å². The summed E-state index contributed by atoms with van der Waals surface area (Å²) < 4.78 is 79.1. The molecule has 124 valence electrons. The van der Waals surface area contributed by atoms with E-state index >= 15 is 0 Å². The highest BCUT2D eigenvalue weighted by molar-refractivity contribution is 7.90. The van der Waals surface area contributed by atoms with Crippen LogP contribution in [0.1, 0.15) is 19.4 Å². The number of aldehydes is 1. The zero-order valence-corrected chi connectivity index (χ0v) is 12.5. The fraction of sp³-hybridized carbons (Fsp3) is 0.462. The van der Waals surface area contributed by atoms with Crippen molar-refractivity contribution in [2.45, 2.75) is 36.4 Å². The van der Waals surface area contributed by atoms with Crippen LogP contribution < -0.4 is 5.14 Å². The predicted molar refractivity (Wildman–Crippen MR) is 71.5 cm³/mol. The van der Waals surface area contributed by atoms with E-state index in [1.54, 1.807) is 0 Å². The van der Waals surface area contributed by atoms with Gasteiger partial charge in [0.2, 0.25) is 0 Å². The largest absolute Gasteiger partial charge is 0.598 e. The number of benzene rings is 1. The third-order valence-electron chi connectivity index (χ3n) is 3.75.